The minimum absolute atomic E-state index is 0.120. The number of carboxylic acid groups (broad SMARTS) is 1. The summed E-state index contributed by atoms with van der Waals surface area (Å²) >= 11 is 0. The first kappa shape index (κ1) is 7.97. The Morgan fingerprint density at radius 3 is 2.82 bits per heavy atom. The van der Waals surface area contributed by atoms with E-state index < -0.39 is 18.2 Å². The quantitative estimate of drug-likeness (QED) is 0.566. The fourth-order valence-corrected chi connectivity index (χ4v) is 1.02. The van der Waals surface area contributed by atoms with Crippen LogP contribution >= 0.6 is 0 Å². The molecule has 1 rings (SSSR count). The Balaban J connectivity index is 2.66. The van der Waals surface area contributed by atoms with Crippen LogP contribution in [0, 0.1) is 0 Å². The highest BCUT2D eigenvalue weighted by Gasteiger charge is 2.32. The third kappa shape index (κ3) is 1.47. The van der Waals surface area contributed by atoms with Gasteiger partial charge in [-0.3, -0.25) is 4.79 Å². The number of alkyl halides is 1. The Kier molecular flexibility index (Phi) is 2.07. The molecule has 1 unspecified atom stereocenters. The van der Waals surface area contributed by atoms with E-state index >= 15 is 0 Å². The molecule has 0 aromatic heterocycles. The summed E-state index contributed by atoms with van der Waals surface area (Å²) in [6.45, 7) is 0.120. The van der Waals surface area contributed by atoms with E-state index in [1.54, 1.807) is 0 Å². The van der Waals surface area contributed by atoms with Gasteiger partial charge in [-0.25, -0.2) is 14.1 Å². The van der Waals surface area contributed by atoms with Gasteiger partial charge in [0.15, 0.2) is 6.17 Å². The molecular weight excluding hydrogens is 153 g/mol. The van der Waals surface area contributed by atoms with Crippen molar-refractivity contribution in [3.8, 4) is 0 Å². The molecule has 4 nitrogen and oxygen atoms in total. The Labute approximate surface area is 62.6 Å². The Morgan fingerprint density at radius 2 is 2.36 bits per heavy atom. The number of carbonyl (C=O) groups excluding carboxylic acids is 1. The zero-order valence-corrected chi connectivity index (χ0v) is 5.79. The predicted octanol–water partition coefficient (Wildman–Crippen LogP) is 0.625. The largest absolute Gasteiger partial charge is 0.465 e. The van der Waals surface area contributed by atoms with Crippen LogP contribution in [-0.2, 0) is 4.79 Å². The van der Waals surface area contributed by atoms with Crippen LogP contribution in [0.25, 0.3) is 0 Å². The van der Waals surface area contributed by atoms with Crippen LogP contribution in [0.2, 0.25) is 0 Å². The fourth-order valence-electron chi connectivity index (χ4n) is 1.02. The van der Waals surface area contributed by atoms with Crippen LogP contribution in [0.3, 0.4) is 0 Å². The van der Waals surface area contributed by atoms with Crippen molar-refractivity contribution in [3.63, 3.8) is 0 Å². The highest BCUT2D eigenvalue weighted by molar-refractivity contribution is 5.94. The molecule has 2 amide bonds. The molecule has 1 aliphatic rings. The molecule has 0 radical (unpaired) electrons. The number of piperidine rings is 1. The second-order valence-electron chi connectivity index (χ2n) is 2.38. The van der Waals surface area contributed by atoms with Gasteiger partial charge in [-0.05, 0) is 12.8 Å². The summed E-state index contributed by atoms with van der Waals surface area (Å²) in [6, 6.07) is 0. The maximum absolute atomic E-state index is 12.5. The first-order chi connectivity index (χ1) is 5.13. The second-order valence-corrected chi connectivity index (χ2v) is 2.38. The molecule has 1 atom stereocenters. The Hall–Kier alpha value is -1.13. The first-order valence-electron chi connectivity index (χ1n) is 3.31. The normalized spacial score (nSPS) is 25.4. The van der Waals surface area contributed by atoms with Crippen molar-refractivity contribution in [1.82, 2.24) is 4.90 Å². The Bertz CT molecular complexity index is 194. The van der Waals surface area contributed by atoms with Crippen LogP contribution in [0.15, 0.2) is 0 Å². The van der Waals surface area contributed by atoms with Gasteiger partial charge in [0.25, 0.3) is 5.91 Å². The minimum Gasteiger partial charge on any atom is -0.465 e. The lowest BCUT2D eigenvalue weighted by Gasteiger charge is -2.23. The van der Waals surface area contributed by atoms with Gasteiger partial charge >= 0.3 is 6.09 Å². The number of hydrogen-bond donors (Lipinski definition) is 1. The summed E-state index contributed by atoms with van der Waals surface area (Å²) in [5, 5.41) is 8.36. The Morgan fingerprint density at radius 1 is 1.73 bits per heavy atom. The number of carbonyl (C=O) groups is 2. The highest BCUT2D eigenvalue weighted by atomic mass is 19.1. The molecule has 0 bridgehead atoms. The average Bonchev–Trinajstić information content (AvgIpc) is 1.94. The standard InChI is InChI=1S/C6H8FNO3/c7-4-2-1-3-8(5(4)9)6(10)11/h4H,1-3H2,(H,10,11). The van der Waals surface area contributed by atoms with E-state index in [0.29, 0.717) is 11.3 Å². The van der Waals surface area contributed by atoms with Gasteiger partial charge < -0.3 is 5.11 Å². The zero-order valence-electron chi connectivity index (χ0n) is 5.79. The summed E-state index contributed by atoms with van der Waals surface area (Å²) < 4.78 is 12.5. The molecule has 0 aromatic rings. The van der Waals surface area contributed by atoms with Crippen molar-refractivity contribution >= 4 is 12.0 Å². The number of nitrogens with zero attached hydrogens (tertiary/aromatic N) is 1. The SMILES string of the molecule is O=C(O)N1CCCC(F)C1=O. The molecule has 11 heavy (non-hydrogen) atoms. The molecule has 1 fully saturated rings. The van der Waals surface area contributed by atoms with E-state index in [2.05, 4.69) is 0 Å². The van der Waals surface area contributed by atoms with E-state index in [-0.39, 0.29) is 13.0 Å². The highest BCUT2D eigenvalue weighted by Crippen LogP contribution is 2.14. The summed E-state index contributed by atoms with van der Waals surface area (Å²) in [5.41, 5.74) is 0. The molecule has 0 spiro atoms. The van der Waals surface area contributed by atoms with Crippen molar-refractivity contribution in [2.75, 3.05) is 6.54 Å². The number of likely N-dealkylation sites (tertiary alicyclic amines) is 1. The molecule has 1 heterocycles. The van der Waals surface area contributed by atoms with Gasteiger partial charge in [0.2, 0.25) is 0 Å². The second kappa shape index (κ2) is 2.86. The van der Waals surface area contributed by atoms with Crippen LogP contribution in [-0.4, -0.2) is 34.7 Å². The van der Waals surface area contributed by atoms with Crippen LogP contribution < -0.4 is 0 Å². The number of rotatable bonds is 0. The van der Waals surface area contributed by atoms with Gasteiger partial charge in [0.05, 0.1) is 0 Å². The number of imide groups is 1. The smallest absolute Gasteiger partial charge is 0.414 e. The van der Waals surface area contributed by atoms with E-state index in [4.69, 9.17) is 5.11 Å². The minimum atomic E-state index is -1.63. The number of amides is 2. The maximum Gasteiger partial charge on any atom is 0.414 e. The lowest BCUT2D eigenvalue weighted by Crippen LogP contribution is -2.45. The summed E-state index contributed by atoms with van der Waals surface area (Å²) in [7, 11) is 0. The molecule has 62 valence electrons. The lowest BCUT2D eigenvalue weighted by molar-refractivity contribution is -0.137. The zero-order chi connectivity index (χ0) is 8.43. The van der Waals surface area contributed by atoms with Crippen molar-refractivity contribution in [3.05, 3.63) is 0 Å². The molecular formula is C6H8FNO3. The van der Waals surface area contributed by atoms with E-state index in [1.165, 1.54) is 0 Å². The number of halogens is 1. The van der Waals surface area contributed by atoms with Gasteiger partial charge in [-0.15, -0.1) is 0 Å². The maximum atomic E-state index is 12.5. The third-order valence-electron chi connectivity index (χ3n) is 1.60. The van der Waals surface area contributed by atoms with E-state index in [9.17, 15) is 14.0 Å². The topological polar surface area (TPSA) is 57.6 Å². The van der Waals surface area contributed by atoms with Gasteiger partial charge in [-0.1, -0.05) is 0 Å². The van der Waals surface area contributed by atoms with Crippen LogP contribution in [0.5, 0.6) is 0 Å². The molecule has 0 aliphatic carbocycles. The molecule has 5 heteroatoms. The monoisotopic (exact) mass is 161 g/mol. The lowest BCUT2D eigenvalue weighted by atomic mass is 10.1. The number of hydrogen-bond acceptors (Lipinski definition) is 2. The van der Waals surface area contributed by atoms with Crippen molar-refractivity contribution in [2.24, 2.45) is 0 Å². The van der Waals surface area contributed by atoms with Crippen LogP contribution in [0.4, 0.5) is 9.18 Å². The molecule has 0 saturated carbocycles. The average molecular weight is 161 g/mol. The summed E-state index contributed by atoms with van der Waals surface area (Å²) in [6.07, 6.45) is -2.43. The van der Waals surface area contributed by atoms with Gasteiger partial charge in [0.1, 0.15) is 0 Å². The summed E-state index contributed by atoms with van der Waals surface area (Å²) in [5.74, 6) is -0.927. The molecule has 1 aliphatic heterocycles. The van der Waals surface area contributed by atoms with Crippen molar-refractivity contribution < 1.29 is 19.1 Å². The van der Waals surface area contributed by atoms with Crippen LogP contribution in [0.1, 0.15) is 12.8 Å². The molecule has 1 saturated heterocycles. The molecule has 1 N–H and O–H groups in total. The van der Waals surface area contributed by atoms with E-state index in [0.717, 1.165) is 0 Å². The predicted molar refractivity (Wildman–Crippen MR) is 33.9 cm³/mol. The van der Waals surface area contributed by atoms with E-state index in [1.807, 2.05) is 0 Å². The third-order valence-corrected chi connectivity index (χ3v) is 1.60. The molecule has 0 aromatic carbocycles. The first-order valence-corrected chi connectivity index (χ1v) is 3.31. The van der Waals surface area contributed by atoms with Gasteiger partial charge in [-0.2, -0.15) is 0 Å². The summed E-state index contributed by atoms with van der Waals surface area (Å²) in [4.78, 5) is 21.5. The fraction of sp³-hybridized carbons (Fsp3) is 0.667. The van der Waals surface area contributed by atoms with Gasteiger partial charge in [0, 0.05) is 6.54 Å². The van der Waals surface area contributed by atoms with Crippen molar-refractivity contribution in [1.29, 1.82) is 0 Å². The van der Waals surface area contributed by atoms with Crippen molar-refractivity contribution in [2.45, 2.75) is 19.0 Å².